The molecule has 0 aromatic carbocycles. The van der Waals surface area contributed by atoms with E-state index in [1.54, 1.807) is 18.4 Å². The zero-order valence-electron chi connectivity index (χ0n) is 11.1. The molecule has 0 amide bonds. The van der Waals surface area contributed by atoms with Crippen LogP contribution in [0.1, 0.15) is 47.3 Å². The van der Waals surface area contributed by atoms with Crippen molar-refractivity contribution in [1.82, 2.24) is 10.3 Å². The minimum absolute atomic E-state index is 0.336. The molecule has 1 aromatic heterocycles. The summed E-state index contributed by atoms with van der Waals surface area (Å²) < 4.78 is 4.91. The number of nitrogens with zero attached hydrogens (tertiary/aromatic N) is 1. The van der Waals surface area contributed by atoms with Crippen molar-refractivity contribution in [3.63, 3.8) is 0 Å². The first kappa shape index (κ1) is 13.5. The molecule has 2 heterocycles. The van der Waals surface area contributed by atoms with Crippen LogP contribution in [0.2, 0.25) is 0 Å². The fraction of sp³-hybridized carbons (Fsp3) is 0.692. The molecule has 1 aliphatic rings. The molecule has 0 bridgehead atoms. The minimum Gasteiger partial charge on any atom is -0.484 e. The van der Waals surface area contributed by atoms with Gasteiger partial charge in [-0.05, 0) is 32.7 Å². The predicted molar refractivity (Wildman–Crippen MR) is 74.5 cm³/mol. The summed E-state index contributed by atoms with van der Waals surface area (Å²) in [5.74, 6) is 0.336. The number of aryl methyl sites for hydroxylation is 2. The van der Waals surface area contributed by atoms with Crippen LogP contribution in [-0.4, -0.2) is 24.5 Å². The van der Waals surface area contributed by atoms with Gasteiger partial charge in [0.15, 0.2) is 5.90 Å². The number of rotatable bonds is 4. The van der Waals surface area contributed by atoms with Crippen LogP contribution in [0.25, 0.3) is 0 Å². The Morgan fingerprint density at radius 2 is 2.39 bits per heavy atom. The Labute approximate surface area is 112 Å². The van der Waals surface area contributed by atoms with Crippen molar-refractivity contribution in [2.24, 2.45) is 0 Å². The molecule has 1 saturated heterocycles. The van der Waals surface area contributed by atoms with Gasteiger partial charge in [0.05, 0.1) is 17.8 Å². The van der Waals surface area contributed by atoms with Gasteiger partial charge < -0.3 is 10.1 Å². The van der Waals surface area contributed by atoms with Crippen LogP contribution in [0.15, 0.2) is 0 Å². The second kappa shape index (κ2) is 6.29. The van der Waals surface area contributed by atoms with Crippen molar-refractivity contribution in [2.45, 2.75) is 45.1 Å². The number of hydrogen-bond donors (Lipinski definition) is 2. The van der Waals surface area contributed by atoms with Gasteiger partial charge in [-0.15, -0.1) is 11.3 Å². The first-order valence-corrected chi connectivity index (χ1v) is 7.33. The molecule has 1 atom stereocenters. The molecule has 0 aliphatic carbocycles. The lowest BCUT2D eigenvalue weighted by molar-refractivity contribution is 0.385. The van der Waals surface area contributed by atoms with E-state index in [1.807, 2.05) is 0 Å². The van der Waals surface area contributed by atoms with Gasteiger partial charge in [-0.1, -0.05) is 6.42 Å². The number of aromatic nitrogens is 1. The number of thiazole rings is 1. The van der Waals surface area contributed by atoms with E-state index in [2.05, 4.69) is 17.2 Å². The molecular weight excluding hydrogens is 246 g/mol. The molecule has 1 aromatic rings. The molecule has 18 heavy (non-hydrogen) atoms. The monoisotopic (exact) mass is 267 g/mol. The molecule has 100 valence electrons. The topological polar surface area (TPSA) is 58.0 Å². The number of piperidine rings is 1. The van der Waals surface area contributed by atoms with E-state index in [1.165, 1.54) is 24.1 Å². The molecule has 2 N–H and O–H groups in total. The normalized spacial score (nSPS) is 19.8. The number of hydrogen-bond acceptors (Lipinski definition) is 5. The second-order valence-corrected chi connectivity index (χ2v) is 5.91. The Kier molecular flexibility index (Phi) is 4.72. The van der Waals surface area contributed by atoms with Gasteiger partial charge in [0.25, 0.3) is 0 Å². The summed E-state index contributed by atoms with van der Waals surface area (Å²) in [6.45, 7) is 3.16. The van der Waals surface area contributed by atoms with Crippen LogP contribution in [-0.2, 0) is 11.2 Å². The molecule has 1 unspecified atom stereocenters. The van der Waals surface area contributed by atoms with Crippen molar-refractivity contribution >= 4 is 17.2 Å². The summed E-state index contributed by atoms with van der Waals surface area (Å²) in [7, 11) is 1.55. The first-order valence-electron chi connectivity index (χ1n) is 6.51. The highest BCUT2D eigenvalue weighted by molar-refractivity contribution is 7.11. The average Bonchev–Trinajstić information content (AvgIpc) is 2.78. The Morgan fingerprint density at radius 1 is 1.56 bits per heavy atom. The third-order valence-corrected chi connectivity index (χ3v) is 4.42. The van der Waals surface area contributed by atoms with Crippen LogP contribution in [0, 0.1) is 12.3 Å². The summed E-state index contributed by atoms with van der Waals surface area (Å²) in [4.78, 5) is 5.99. The molecular formula is C13H21N3OS. The molecule has 0 radical (unpaired) electrons. The first-order chi connectivity index (χ1) is 8.70. The smallest absolute Gasteiger partial charge is 0.180 e. The van der Waals surface area contributed by atoms with E-state index in [0.717, 1.165) is 23.7 Å². The van der Waals surface area contributed by atoms with E-state index in [0.29, 0.717) is 18.4 Å². The Hall–Kier alpha value is -0.940. The Morgan fingerprint density at radius 3 is 3.06 bits per heavy atom. The molecule has 1 fully saturated rings. The third kappa shape index (κ3) is 3.29. The van der Waals surface area contributed by atoms with Crippen LogP contribution >= 0.6 is 11.3 Å². The highest BCUT2D eigenvalue weighted by Crippen LogP contribution is 2.31. The van der Waals surface area contributed by atoms with E-state index < -0.39 is 0 Å². The Bertz CT molecular complexity index is 410. The molecule has 1 aliphatic heterocycles. The van der Waals surface area contributed by atoms with Crippen LogP contribution in [0.5, 0.6) is 0 Å². The molecule has 0 spiro atoms. The van der Waals surface area contributed by atoms with Crippen molar-refractivity contribution < 1.29 is 4.74 Å². The maximum atomic E-state index is 7.55. The molecule has 0 saturated carbocycles. The van der Waals surface area contributed by atoms with E-state index in [9.17, 15) is 0 Å². The van der Waals surface area contributed by atoms with Gasteiger partial charge in [-0.3, -0.25) is 5.41 Å². The summed E-state index contributed by atoms with van der Waals surface area (Å²) in [6.07, 6.45) is 5.22. The summed E-state index contributed by atoms with van der Waals surface area (Å²) in [5, 5.41) is 12.2. The summed E-state index contributed by atoms with van der Waals surface area (Å²) >= 11 is 1.80. The van der Waals surface area contributed by atoms with Gasteiger partial charge in [-0.2, -0.15) is 0 Å². The Balaban J connectivity index is 2.06. The fourth-order valence-corrected chi connectivity index (χ4v) is 3.43. The summed E-state index contributed by atoms with van der Waals surface area (Å²) in [6, 6.07) is 0.469. The lowest BCUT2D eigenvalue weighted by Crippen LogP contribution is -2.26. The predicted octanol–water partition coefficient (Wildman–Crippen LogP) is 2.82. The zero-order valence-corrected chi connectivity index (χ0v) is 11.9. The van der Waals surface area contributed by atoms with Gasteiger partial charge in [0.2, 0.25) is 0 Å². The van der Waals surface area contributed by atoms with Crippen molar-refractivity contribution in [2.75, 3.05) is 13.7 Å². The van der Waals surface area contributed by atoms with Crippen LogP contribution < -0.4 is 5.32 Å². The van der Waals surface area contributed by atoms with Crippen LogP contribution in [0.4, 0.5) is 0 Å². The lowest BCUT2D eigenvalue weighted by Gasteiger charge is -2.23. The largest absolute Gasteiger partial charge is 0.484 e. The van der Waals surface area contributed by atoms with Gasteiger partial charge in [0.1, 0.15) is 0 Å². The highest BCUT2D eigenvalue weighted by Gasteiger charge is 2.21. The maximum absolute atomic E-state index is 7.55. The number of methoxy groups -OCH3 is 1. The maximum Gasteiger partial charge on any atom is 0.180 e. The number of nitrogens with one attached hydrogen (secondary N) is 2. The van der Waals surface area contributed by atoms with Crippen LogP contribution in [0.3, 0.4) is 0 Å². The van der Waals surface area contributed by atoms with Gasteiger partial charge in [0, 0.05) is 17.3 Å². The van der Waals surface area contributed by atoms with Crippen molar-refractivity contribution in [3.8, 4) is 0 Å². The van der Waals surface area contributed by atoms with E-state index in [4.69, 9.17) is 10.1 Å². The van der Waals surface area contributed by atoms with Crippen molar-refractivity contribution in [1.29, 1.82) is 5.41 Å². The average molecular weight is 267 g/mol. The minimum atomic E-state index is 0.336. The number of ether oxygens (including phenoxy) is 1. The SMILES string of the molecule is COC(=N)CCc1nc(C)sc1C1CCCCN1. The highest BCUT2D eigenvalue weighted by atomic mass is 32.1. The summed E-state index contributed by atoms with van der Waals surface area (Å²) in [5.41, 5.74) is 1.15. The van der Waals surface area contributed by atoms with Crippen molar-refractivity contribution in [3.05, 3.63) is 15.6 Å². The van der Waals surface area contributed by atoms with E-state index >= 15 is 0 Å². The second-order valence-electron chi connectivity index (χ2n) is 4.67. The molecule has 5 heteroatoms. The zero-order chi connectivity index (χ0) is 13.0. The van der Waals surface area contributed by atoms with Gasteiger partial charge in [-0.25, -0.2) is 4.98 Å². The standard InChI is InChI=1S/C13H21N3OS/c1-9-16-11(6-7-12(14)17-2)13(18-9)10-5-3-4-8-15-10/h10,14-15H,3-8H2,1-2H3. The van der Waals surface area contributed by atoms with E-state index in [-0.39, 0.29) is 0 Å². The lowest BCUT2D eigenvalue weighted by atomic mass is 10.0. The fourth-order valence-electron chi connectivity index (χ4n) is 2.35. The third-order valence-electron chi connectivity index (χ3n) is 3.30. The molecule has 4 nitrogen and oxygen atoms in total. The quantitative estimate of drug-likeness (QED) is 0.651. The van der Waals surface area contributed by atoms with Gasteiger partial charge >= 0.3 is 0 Å². The molecule has 2 rings (SSSR count).